The monoisotopic (exact) mass is 686 g/mol. The molecule has 4 heteroatoms. The number of rotatable bonds is 2. The molecular formula is C45H28GeN2O. The summed E-state index contributed by atoms with van der Waals surface area (Å²) in [6.07, 6.45) is 0. The predicted molar refractivity (Wildman–Crippen MR) is 208 cm³/mol. The van der Waals surface area contributed by atoms with Gasteiger partial charge in [0.1, 0.15) is 0 Å². The Morgan fingerprint density at radius 3 is 1.49 bits per heavy atom. The molecule has 3 heterocycles. The van der Waals surface area contributed by atoms with Crippen LogP contribution < -0.4 is 27.7 Å². The molecule has 3 aliphatic heterocycles. The molecule has 12 rings (SSSR count). The van der Waals surface area contributed by atoms with E-state index in [1.54, 1.807) is 0 Å². The maximum absolute atomic E-state index is 6.91. The number of hydrogen-bond acceptors (Lipinski definition) is 3. The van der Waals surface area contributed by atoms with Gasteiger partial charge in [0.05, 0.1) is 0 Å². The number of hydrogen-bond donors (Lipinski definition) is 0. The van der Waals surface area contributed by atoms with Gasteiger partial charge in [0.25, 0.3) is 0 Å². The van der Waals surface area contributed by atoms with Crippen molar-refractivity contribution >= 4 is 104 Å². The van der Waals surface area contributed by atoms with E-state index < -0.39 is 13.3 Å². The molecule has 3 aliphatic rings. The Balaban J connectivity index is 1.18. The van der Waals surface area contributed by atoms with Crippen molar-refractivity contribution in [3.05, 3.63) is 152 Å². The Morgan fingerprint density at radius 2 is 0.837 bits per heavy atom. The fourth-order valence-corrected chi connectivity index (χ4v) is 19.6. The summed E-state index contributed by atoms with van der Waals surface area (Å²) in [6, 6.07) is 56.4. The predicted octanol–water partition coefficient (Wildman–Crippen LogP) is 10.5. The molecule has 49 heavy (non-hydrogen) atoms. The Kier molecular flexibility index (Phi) is 4.82. The van der Waals surface area contributed by atoms with E-state index in [1.165, 1.54) is 90.4 Å². The van der Waals surface area contributed by atoms with Crippen molar-refractivity contribution in [1.29, 1.82) is 0 Å². The van der Waals surface area contributed by atoms with Gasteiger partial charge in [-0.3, -0.25) is 0 Å². The van der Waals surface area contributed by atoms with Gasteiger partial charge in [0.2, 0.25) is 0 Å². The van der Waals surface area contributed by atoms with Gasteiger partial charge in [0, 0.05) is 0 Å². The molecule has 228 valence electrons. The van der Waals surface area contributed by atoms with Gasteiger partial charge >= 0.3 is 287 Å². The Bertz CT molecular complexity index is 2850. The number of benzene rings is 9. The van der Waals surface area contributed by atoms with Gasteiger partial charge in [-0.1, -0.05) is 0 Å². The molecule has 0 saturated carbocycles. The number of nitrogens with zero attached hydrogens (tertiary/aromatic N) is 2. The van der Waals surface area contributed by atoms with Crippen LogP contribution in [-0.2, 0) is 0 Å². The Morgan fingerprint density at radius 1 is 0.388 bits per heavy atom. The van der Waals surface area contributed by atoms with Crippen molar-refractivity contribution < 1.29 is 4.74 Å². The molecule has 0 aliphatic carbocycles. The zero-order valence-corrected chi connectivity index (χ0v) is 28.8. The van der Waals surface area contributed by atoms with E-state index in [9.17, 15) is 0 Å². The molecule has 1 atom stereocenters. The summed E-state index contributed by atoms with van der Waals surface area (Å²) in [5.74, 6) is 4.62. The molecule has 0 bridgehead atoms. The number of fused-ring (bicyclic) bond motifs is 1. The van der Waals surface area contributed by atoms with Crippen LogP contribution in [0.25, 0.3) is 43.1 Å². The molecule has 0 saturated heterocycles. The zero-order chi connectivity index (χ0) is 32.0. The zero-order valence-electron chi connectivity index (χ0n) is 26.7. The van der Waals surface area contributed by atoms with Gasteiger partial charge in [-0.05, 0) is 0 Å². The van der Waals surface area contributed by atoms with Crippen molar-refractivity contribution in [3.63, 3.8) is 0 Å². The Labute approximate surface area is 285 Å². The second kappa shape index (κ2) is 9.01. The summed E-state index contributed by atoms with van der Waals surface area (Å²) in [7, 11) is 0. The first-order valence-corrected chi connectivity index (χ1v) is 22.3. The van der Waals surface area contributed by atoms with Crippen LogP contribution in [0.2, 0.25) is 5.76 Å². The van der Waals surface area contributed by atoms with Crippen LogP contribution in [0, 0.1) is 0 Å². The molecule has 9 aromatic rings. The minimum atomic E-state index is -3.28. The summed E-state index contributed by atoms with van der Waals surface area (Å²) in [6.45, 7) is 0. The minimum absolute atomic E-state index is 1.01. The van der Waals surface area contributed by atoms with E-state index in [0.29, 0.717) is 0 Å². The van der Waals surface area contributed by atoms with E-state index in [2.05, 4.69) is 167 Å². The summed E-state index contributed by atoms with van der Waals surface area (Å²) >= 11 is -3.28. The first kappa shape index (κ1) is 26.2. The van der Waals surface area contributed by atoms with Crippen molar-refractivity contribution in [2.24, 2.45) is 0 Å². The summed E-state index contributed by atoms with van der Waals surface area (Å²) < 4.78 is 11.2. The first-order chi connectivity index (χ1) is 24.2. The van der Waals surface area contributed by atoms with Crippen molar-refractivity contribution in [1.82, 2.24) is 0 Å². The molecule has 1 unspecified atom stereocenters. The second-order valence-electron chi connectivity index (χ2n) is 13.9. The molecule has 0 N–H and O–H groups in total. The normalized spacial score (nSPS) is 16.8. The quantitative estimate of drug-likeness (QED) is 0.133. The van der Waals surface area contributed by atoms with E-state index >= 15 is 0 Å². The molecule has 0 fully saturated rings. The van der Waals surface area contributed by atoms with Crippen molar-refractivity contribution in [3.8, 4) is 11.5 Å². The van der Waals surface area contributed by atoms with E-state index in [-0.39, 0.29) is 0 Å². The average molecular weight is 685 g/mol. The van der Waals surface area contributed by atoms with Gasteiger partial charge in [-0.25, -0.2) is 0 Å². The van der Waals surface area contributed by atoms with Crippen molar-refractivity contribution in [2.45, 2.75) is 5.76 Å². The second-order valence-corrected chi connectivity index (χ2v) is 21.7. The van der Waals surface area contributed by atoms with Crippen LogP contribution in [0.15, 0.2) is 152 Å². The standard InChI is InChI=1S/C45H28GeN2O/c1-46-43-35-12-5-13-36(43)48(34-25-31-20-18-28-10-4-11-29-19-21-32(26-34)42(31)41(28)29)38-15-7-17-40(45(38)46)49-39-16-6-14-37(44(39)46)47(35)33-23-22-27-8-2-3-9-30(27)24-33/h2-26H,1H3. The van der Waals surface area contributed by atoms with Gasteiger partial charge in [0.15, 0.2) is 0 Å². The first-order valence-electron chi connectivity index (χ1n) is 17.0. The van der Waals surface area contributed by atoms with Crippen LogP contribution in [-0.4, -0.2) is 13.3 Å². The van der Waals surface area contributed by atoms with Crippen LogP contribution >= 0.6 is 0 Å². The summed E-state index contributed by atoms with van der Waals surface area (Å²) in [4.78, 5) is 5.03. The van der Waals surface area contributed by atoms with E-state index in [1.807, 2.05) is 0 Å². The van der Waals surface area contributed by atoms with Crippen molar-refractivity contribution in [2.75, 3.05) is 9.80 Å². The number of anilines is 6. The molecule has 0 aromatic heterocycles. The van der Waals surface area contributed by atoms with Gasteiger partial charge < -0.3 is 0 Å². The van der Waals surface area contributed by atoms with Crippen LogP contribution in [0.1, 0.15) is 0 Å². The molecule has 3 nitrogen and oxygen atoms in total. The maximum atomic E-state index is 6.91. The van der Waals surface area contributed by atoms with Gasteiger partial charge in [-0.2, -0.15) is 0 Å². The molecule has 9 aromatic carbocycles. The third-order valence-electron chi connectivity index (χ3n) is 11.4. The molecule has 0 radical (unpaired) electrons. The third kappa shape index (κ3) is 3.19. The average Bonchev–Trinajstić information content (AvgIpc) is 3.14. The fourth-order valence-electron chi connectivity index (χ4n) is 9.49. The summed E-state index contributed by atoms with van der Waals surface area (Å²) in [5.41, 5.74) is 7.41. The number of ether oxygens (including phenoxy) is 1. The Hall–Kier alpha value is -5.78. The molecular weight excluding hydrogens is 657 g/mol. The topological polar surface area (TPSA) is 15.7 Å². The fraction of sp³-hybridized carbons (Fsp3) is 0.0222. The third-order valence-corrected chi connectivity index (χ3v) is 20.9. The summed E-state index contributed by atoms with van der Waals surface area (Å²) in [5, 5.41) is 10.3. The molecule has 0 amide bonds. The van der Waals surface area contributed by atoms with E-state index in [4.69, 9.17) is 4.74 Å². The van der Waals surface area contributed by atoms with Crippen LogP contribution in [0.3, 0.4) is 0 Å². The SMILES string of the molecule is [CH3][Ge]12[c]3c4cccc3N(c3ccc5ccccc5c3)c3cccc([c]31)N(c1cc3ccc5cccc6ccc(c1)c3c56)c1cccc([c]12)O4. The molecule has 0 spiro atoms. The van der Waals surface area contributed by atoms with Crippen LogP contribution in [0.5, 0.6) is 11.5 Å². The van der Waals surface area contributed by atoms with Gasteiger partial charge in [-0.15, -0.1) is 0 Å². The van der Waals surface area contributed by atoms with E-state index in [0.717, 1.165) is 11.5 Å². The van der Waals surface area contributed by atoms with Crippen LogP contribution in [0.4, 0.5) is 34.1 Å².